The third-order valence-electron chi connectivity index (χ3n) is 4.19. The van der Waals surface area contributed by atoms with Gasteiger partial charge in [0.15, 0.2) is 0 Å². The fourth-order valence-corrected chi connectivity index (χ4v) is 2.91. The Bertz CT molecular complexity index is 369. The summed E-state index contributed by atoms with van der Waals surface area (Å²) >= 11 is 0. The van der Waals surface area contributed by atoms with E-state index in [1.165, 1.54) is 18.4 Å². The van der Waals surface area contributed by atoms with Gasteiger partial charge >= 0.3 is 0 Å². The van der Waals surface area contributed by atoms with Crippen LogP contribution in [0.1, 0.15) is 37.8 Å². The van der Waals surface area contributed by atoms with E-state index in [4.69, 9.17) is 0 Å². The lowest BCUT2D eigenvalue weighted by atomic mass is 10.1. The molecule has 2 unspecified atom stereocenters. The molecule has 1 aliphatic heterocycles. The quantitative estimate of drug-likeness (QED) is 0.716. The number of hydrogen-bond donors (Lipinski definition) is 2. The van der Waals surface area contributed by atoms with E-state index in [-0.39, 0.29) is 0 Å². The highest BCUT2D eigenvalue weighted by Crippen LogP contribution is 2.20. The molecule has 0 saturated carbocycles. The Morgan fingerprint density at radius 1 is 1.35 bits per heavy atom. The Labute approximate surface area is 123 Å². The molecule has 0 radical (unpaired) electrons. The van der Waals surface area contributed by atoms with Crippen molar-refractivity contribution >= 4 is 0 Å². The van der Waals surface area contributed by atoms with E-state index < -0.39 is 0 Å². The van der Waals surface area contributed by atoms with E-state index in [1.807, 2.05) is 0 Å². The molecule has 1 heterocycles. The molecule has 1 aromatic rings. The third kappa shape index (κ3) is 4.58. The van der Waals surface area contributed by atoms with Crippen LogP contribution in [0, 0.1) is 5.92 Å². The van der Waals surface area contributed by atoms with Gasteiger partial charge in [-0.2, -0.15) is 0 Å². The number of benzene rings is 1. The molecule has 3 nitrogen and oxygen atoms in total. The van der Waals surface area contributed by atoms with Gasteiger partial charge < -0.3 is 15.3 Å². The molecular weight excluding hydrogens is 248 g/mol. The van der Waals surface area contributed by atoms with Crippen molar-refractivity contribution in [1.29, 1.82) is 0 Å². The fraction of sp³-hybridized carbons (Fsp3) is 0.647. The predicted molar refractivity (Wildman–Crippen MR) is 83.7 cm³/mol. The van der Waals surface area contributed by atoms with Crippen molar-refractivity contribution in [3.05, 3.63) is 35.9 Å². The van der Waals surface area contributed by atoms with Crippen LogP contribution in [0.4, 0.5) is 0 Å². The zero-order valence-corrected chi connectivity index (χ0v) is 12.6. The zero-order valence-electron chi connectivity index (χ0n) is 12.6. The predicted octanol–water partition coefficient (Wildman–Crippen LogP) is 2.43. The van der Waals surface area contributed by atoms with Gasteiger partial charge in [-0.15, -0.1) is 0 Å². The van der Waals surface area contributed by atoms with Crippen LogP contribution in [0.15, 0.2) is 30.3 Å². The van der Waals surface area contributed by atoms with Gasteiger partial charge in [0.25, 0.3) is 0 Å². The summed E-state index contributed by atoms with van der Waals surface area (Å²) in [7, 11) is 0. The van der Waals surface area contributed by atoms with Crippen molar-refractivity contribution < 1.29 is 5.11 Å². The Hall–Kier alpha value is -0.900. The van der Waals surface area contributed by atoms with Crippen LogP contribution in [0.2, 0.25) is 0 Å². The molecule has 0 amide bonds. The van der Waals surface area contributed by atoms with Crippen molar-refractivity contribution in [3.8, 4) is 0 Å². The van der Waals surface area contributed by atoms with Gasteiger partial charge in [0, 0.05) is 25.7 Å². The number of nitrogens with zero attached hydrogens (tertiary/aromatic N) is 1. The fourth-order valence-electron chi connectivity index (χ4n) is 2.91. The number of likely N-dealkylation sites (tertiary alicyclic amines) is 1. The summed E-state index contributed by atoms with van der Waals surface area (Å²) in [4.78, 5) is 2.48. The summed E-state index contributed by atoms with van der Waals surface area (Å²) in [6.45, 7) is 6.83. The molecule has 1 fully saturated rings. The number of unbranched alkanes of at least 4 members (excludes halogenated alkanes) is 1. The number of nitrogens with one attached hydrogen (secondary N) is 1. The molecule has 0 bridgehead atoms. The lowest BCUT2D eigenvalue weighted by Gasteiger charge is -2.25. The number of hydrogen-bond acceptors (Lipinski definition) is 3. The number of aliphatic hydroxyl groups is 1. The normalized spacial score (nSPS) is 21.2. The van der Waals surface area contributed by atoms with Gasteiger partial charge in [-0.25, -0.2) is 0 Å². The van der Waals surface area contributed by atoms with Gasteiger partial charge in [-0.3, -0.25) is 0 Å². The van der Waals surface area contributed by atoms with Crippen LogP contribution in [-0.2, 0) is 0 Å². The van der Waals surface area contributed by atoms with E-state index >= 15 is 0 Å². The van der Waals surface area contributed by atoms with Crippen molar-refractivity contribution in [2.75, 3.05) is 32.8 Å². The maximum atomic E-state index is 9.27. The topological polar surface area (TPSA) is 35.5 Å². The molecule has 0 aromatic heterocycles. The first-order valence-electron chi connectivity index (χ1n) is 7.95. The van der Waals surface area contributed by atoms with E-state index in [9.17, 15) is 5.11 Å². The van der Waals surface area contributed by atoms with Crippen molar-refractivity contribution in [3.63, 3.8) is 0 Å². The van der Waals surface area contributed by atoms with Crippen LogP contribution >= 0.6 is 0 Å². The molecule has 1 aromatic carbocycles. The molecule has 2 rings (SSSR count). The van der Waals surface area contributed by atoms with E-state index in [0.717, 1.165) is 32.6 Å². The molecule has 0 aliphatic carbocycles. The summed E-state index contributed by atoms with van der Waals surface area (Å²) in [6, 6.07) is 11.1. The highest BCUT2D eigenvalue weighted by atomic mass is 16.3. The second-order valence-corrected chi connectivity index (χ2v) is 5.87. The van der Waals surface area contributed by atoms with Gasteiger partial charge in [-0.1, -0.05) is 43.7 Å². The summed E-state index contributed by atoms with van der Waals surface area (Å²) < 4.78 is 0. The molecule has 0 spiro atoms. The zero-order chi connectivity index (χ0) is 14.2. The van der Waals surface area contributed by atoms with Crippen LogP contribution in [0.25, 0.3) is 0 Å². The number of aliphatic hydroxyl groups excluding tert-OH is 1. The third-order valence-corrected chi connectivity index (χ3v) is 4.19. The van der Waals surface area contributed by atoms with E-state index in [0.29, 0.717) is 18.6 Å². The Kier molecular flexibility index (Phi) is 6.51. The van der Waals surface area contributed by atoms with Gasteiger partial charge in [-0.05, 0) is 37.4 Å². The Morgan fingerprint density at radius 2 is 2.15 bits per heavy atom. The monoisotopic (exact) mass is 276 g/mol. The van der Waals surface area contributed by atoms with Crippen LogP contribution in [0.3, 0.4) is 0 Å². The number of rotatable bonds is 8. The largest absolute Gasteiger partial charge is 0.396 e. The smallest absolute Gasteiger partial charge is 0.0471 e. The van der Waals surface area contributed by atoms with E-state index in [2.05, 4.69) is 47.5 Å². The van der Waals surface area contributed by atoms with Crippen molar-refractivity contribution in [1.82, 2.24) is 10.2 Å². The standard InChI is InChI=1S/C17H28N2O/c1-2-3-10-18-17(16-7-5-4-6-8-16)13-19-11-9-15(12-19)14-20/h4-8,15,17-18,20H,2-3,9-14H2,1H3. The molecule has 2 atom stereocenters. The van der Waals surface area contributed by atoms with E-state index in [1.54, 1.807) is 0 Å². The average molecular weight is 276 g/mol. The molecule has 112 valence electrons. The highest BCUT2D eigenvalue weighted by Gasteiger charge is 2.24. The molecule has 20 heavy (non-hydrogen) atoms. The first-order chi connectivity index (χ1) is 9.83. The van der Waals surface area contributed by atoms with Crippen molar-refractivity contribution in [2.24, 2.45) is 5.92 Å². The van der Waals surface area contributed by atoms with Crippen LogP contribution in [0.5, 0.6) is 0 Å². The Morgan fingerprint density at radius 3 is 2.80 bits per heavy atom. The average Bonchev–Trinajstić information content (AvgIpc) is 2.95. The first kappa shape index (κ1) is 15.5. The van der Waals surface area contributed by atoms with Gasteiger partial charge in [0.1, 0.15) is 0 Å². The van der Waals surface area contributed by atoms with Crippen molar-refractivity contribution in [2.45, 2.75) is 32.2 Å². The summed E-state index contributed by atoms with van der Waals surface area (Å²) in [6.07, 6.45) is 3.58. The van der Waals surface area contributed by atoms with Gasteiger partial charge in [0.2, 0.25) is 0 Å². The summed E-state index contributed by atoms with van der Waals surface area (Å²) in [5.74, 6) is 0.474. The summed E-state index contributed by atoms with van der Waals surface area (Å²) in [5.41, 5.74) is 1.37. The van der Waals surface area contributed by atoms with Crippen LogP contribution < -0.4 is 5.32 Å². The second kappa shape index (κ2) is 8.40. The molecule has 1 aliphatic rings. The minimum Gasteiger partial charge on any atom is -0.396 e. The second-order valence-electron chi connectivity index (χ2n) is 5.87. The minimum absolute atomic E-state index is 0.329. The minimum atomic E-state index is 0.329. The molecular formula is C17H28N2O. The highest BCUT2D eigenvalue weighted by molar-refractivity contribution is 5.19. The SMILES string of the molecule is CCCCNC(CN1CCC(CO)C1)c1ccccc1. The lowest BCUT2D eigenvalue weighted by Crippen LogP contribution is -2.34. The Balaban J connectivity index is 1.92. The maximum absolute atomic E-state index is 9.27. The molecule has 1 saturated heterocycles. The molecule has 3 heteroatoms. The maximum Gasteiger partial charge on any atom is 0.0471 e. The molecule has 2 N–H and O–H groups in total. The first-order valence-corrected chi connectivity index (χ1v) is 7.95. The van der Waals surface area contributed by atoms with Gasteiger partial charge in [0.05, 0.1) is 0 Å². The van der Waals surface area contributed by atoms with Crippen LogP contribution in [-0.4, -0.2) is 42.8 Å². The summed E-state index contributed by atoms with van der Waals surface area (Å²) in [5, 5.41) is 13.0. The lowest BCUT2D eigenvalue weighted by molar-refractivity contribution is 0.216.